The summed E-state index contributed by atoms with van der Waals surface area (Å²) in [5.74, 6) is 0.723. The standard InChI is InChI=1S/C16H25N5OS/c1-5-6-7-10-17-14(22)9-8-13-11(2)18-15-19-16(23-4)20-21(15)12(13)3/h5-10H2,1-4H3,(H,17,22). The van der Waals surface area contributed by atoms with Gasteiger partial charge in [0.2, 0.25) is 11.1 Å². The third-order valence-electron chi connectivity index (χ3n) is 3.92. The molecule has 1 N–H and O–H groups in total. The van der Waals surface area contributed by atoms with Crippen molar-refractivity contribution in [2.45, 2.75) is 58.0 Å². The van der Waals surface area contributed by atoms with Crippen LogP contribution in [0.2, 0.25) is 0 Å². The summed E-state index contributed by atoms with van der Waals surface area (Å²) in [6.45, 7) is 6.90. The molecule has 2 aromatic heterocycles. The first-order valence-corrected chi connectivity index (χ1v) is 9.32. The van der Waals surface area contributed by atoms with Crippen LogP contribution in [0, 0.1) is 13.8 Å². The van der Waals surface area contributed by atoms with Gasteiger partial charge in [-0.1, -0.05) is 31.5 Å². The number of thioether (sulfide) groups is 1. The minimum absolute atomic E-state index is 0.100. The Bertz CT molecular complexity index is 683. The smallest absolute Gasteiger partial charge is 0.253 e. The maximum absolute atomic E-state index is 11.9. The first-order valence-electron chi connectivity index (χ1n) is 8.10. The van der Waals surface area contributed by atoms with Gasteiger partial charge in [0.1, 0.15) is 0 Å². The number of carbonyl (C=O) groups is 1. The number of hydrogen-bond donors (Lipinski definition) is 1. The van der Waals surface area contributed by atoms with Crippen molar-refractivity contribution in [2.75, 3.05) is 12.8 Å². The Morgan fingerprint density at radius 1 is 1.26 bits per heavy atom. The van der Waals surface area contributed by atoms with Gasteiger partial charge in [0.15, 0.2) is 0 Å². The summed E-state index contributed by atoms with van der Waals surface area (Å²) in [4.78, 5) is 20.8. The third kappa shape index (κ3) is 4.43. The van der Waals surface area contributed by atoms with Crippen LogP contribution in [0.3, 0.4) is 0 Å². The predicted octanol–water partition coefficient (Wildman–Crippen LogP) is 2.70. The summed E-state index contributed by atoms with van der Waals surface area (Å²) in [6, 6.07) is 0. The first kappa shape index (κ1) is 17.7. The summed E-state index contributed by atoms with van der Waals surface area (Å²) >= 11 is 1.50. The average Bonchev–Trinajstić information content (AvgIpc) is 2.94. The fraction of sp³-hybridized carbons (Fsp3) is 0.625. The van der Waals surface area contributed by atoms with Gasteiger partial charge in [-0.15, -0.1) is 5.10 Å². The summed E-state index contributed by atoms with van der Waals surface area (Å²) in [7, 11) is 0. The van der Waals surface area contributed by atoms with E-state index < -0.39 is 0 Å². The monoisotopic (exact) mass is 335 g/mol. The van der Waals surface area contributed by atoms with Gasteiger partial charge in [0.05, 0.1) is 0 Å². The minimum Gasteiger partial charge on any atom is -0.356 e. The zero-order valence-corrected chi connectivity index (χ0v) is 15.2. The predicted molar refractivity (Wildman–Crippen MR) is 92.9 cm³/mol. The molecule has 0 unspecified atom stereocenters. The van der Waals surface area contributed by atoms with E-state index in [0.29, 0.717) is 23.8 Å². The Morgan fingerprint density at radius 3 is 2.74 bits per heavy atom. The van der Waals surface area contributed by atoms with Crippen LogP contribution in [0.4, 0.5) is 0 Å². The highest BCUT2D eigenvalue weighted by Crippen LogP contribution is 2.17. The number of carbonyl (C=O) groups excluding carboxylic acids is 1. The number of amides is 1. The van der Waals surface area contributed by atoms with Crippen LogP contribution in [-0.4, -0.2) is 38.3 Å². The van der Waals surface area contributed by atoms with E-state index in [1.54, 1.807) is 4.52 Å². The minimum atomic E-state index is 0.100. The van der Waals surface area contributed by atoms with Crippen LogP contribution in [0.25, 0.3) is 5.78 Å². The number of rotatable bonds is 8. The van der Waals surface area contributed by atoms with E-state index in [4.69, 9.17) is 0 Å². The molecule has 0 bridgehead atoms. The molecular formula is C16H25N5OS. The molecule has 2 heterocycles. The van der Waals surface area contributed by atoms with Gasteiger partial charge in [-0.25, -0.2) is 9.50 Å². The van der Waals surface area contributed by atoms with Gasteiger partial charge in [-0.2, -0.15) is 4.98 Å². The lowest BCUT2D eigenvalue weighted by Crippen LogP contribution is -2.25. The van der Waals surface area contributed by atoms with Crippen LogP contribution < -0.4 is 5.32 Å². The summed E-state index contributed by atoms with van der Waals surface area (Å²) in [5.41, 5.74) is 3.02. The van der Waals surface area contributed by atoms with Gasteiger partial charge in [0, 0.05) is 24.4 Å². The lowest BCUT2D eigenvalue weighted by Gasteiger charge is -2.10. The van der Waals surface area contributed by atoms with E-state index in [2.05, 4.69) is 27.3 Å². The number of unbranched alkanes of at least 4 members (excludes halogenated alkanes) is 2. The van der Waals surface area contributed by atoms with E-state index in [9.17, 15) is 4.79 Å². The molecule has 0 aliphatic rings. The van der Waals surface area contributed by atoms with E-state index in [1.165, 1.54) is 11.8 Å². The third-order valence-corrected chi connectivity index (χ3v) is 4.45. The lowest BCUT2D eigenvalue weighted by atomic mass is 10.1. The molecule has 6 nitrogen and oxygen atoms in total. The fourth-order valence-corrected chi connectivity index (χ4v) is 2.90. The summed E-state index contributed by atoms with van der Waals surface area (Å²) < 4.78 is 1.77. The van der Waals surface area contributed by atoms with Crippen molar-refractivity contribution in [1.82, 2.24) is 24.9 Å². The largest absolute Gasteiger partial charge is 0.356 e. The average molecular weight is 335 g/mol. The molecule has 0 saturated heterocycles. The van der Waals surface area contributed by atoms with Crippen molar-refractivity contribution < 1.29 is 4.79 Å². The zero-order valence-electron chi connectivity index (χ0n) is 14.3. The second-order valence-electron chi connectivity index (χ2n) is 5.63. The fourth-order valence-electron chi connectivity index (χ4n) is 2.57. The number of aryl methyl sites for hydroxylation is 2. The van der Waals surface area contributed by atoms with E-state index >= 15 is 0 Å². The van der Waals surface area contributed by atoms with Crippen molar-refractivity contribution in [1.29, 1.82) is 0 Å². The quantitative estimate of drug-likeness (QED) is 0.593. The van der Waals surface area contributed by atoms with Crippen LogP contribution in [0.15, 0.2) is 5.16 Å². The van der Waals surface area contributed by atoms with Gasteiger partial charge >= 0.3 is 0 Å². The highest BCUT2D eigenvalue weighted by Gasteiger charge is 2.14. The Morgan fingerprint density at radius 2 is 2.04 bits per heavy atom. The second-order valence-corrected chi connectivity index (χ2v) is 6.40. The molecule has 0 aliphatic heterocycles. The number of hydrogen-bond acceptors (Lipinski definition) is 5. The summed E-state index contributed by atoms with van der Waals surface area (Å²) in [6.07, 6.45) is 6.46. The van der Waals surface area contributed by atoms with Gasteiger partial charge in [-0.05, 0) is 38.5 Å². The molecule has 2 aromatic rings. The second kappa shape index (κ2) is 8.29. The first-order chi connectivity index (χ1) is 11.1. The Labute approximate surface area is 141 Å². The Balaban J connectivity index is 2.03. The molecule has 0 spiro atoms. The van der Waals surface area contributed by atoms with Crippen molar-refractivity contribution in [3.05, 3.63) is 17.0 Å². The molecule has 126 valence electrons. The van der Waals surface area contributed by atoms with Crippen LogP contribution in [0.5, 0.6) is 0 Å². The maximum atomic E-state index is 11.9. The Hall–Kier alpha value is -1.63. The normalized spacial score (nSPS) is 11.1. The highest BCUT2D eigenvalue weighted by molar-refractivity contribution is 7.98. The van der Waals surface area contributed by atoms with Gasteiger partial charge < -0.3 is 5.32 Å². The molecule has 1 amide bonds. The topological polar surface area (TPSA) is 72.2 Å². The summed E-state index contributed by atoms with van der Waals surface area (Å²) in [5, 5.41) is 8.13. The van der Waals surface area contributed by atoms with Gasteiger partial charge in [0.25, 0.3) is 5.78 Å². The molecule has 0 fully saturated rings. The SMILES string of the molecule is CCCCCNC(=O)CCc1c(C)nc2nc(SC)nn2c1C. The van der Waals surface area contributed by atoms with Gasteiger partial charge in [-0.3, -0.25) is 4.79 Å². The molecule has 0 atom stereocenters. The van der Waals surface area contributed by atoms with E-state index in [0.717, 1.165) is 42.8 Å². The molecule has 23 heavy (non-hydrogen) atoms. The number of fused-ring (bicyclic) bond motifs is 1. The number of nitrogens with zero attached hydrogens (tertiary/aromatic N) is 4. The van der Waals surface area contributed by atoms with Crippen LogP contribution >= 0.6 is 11.8 Å². The van der Waals surface area contributed by atoms with Crippen molar-refractivity contribution in [2.24, 2.45) is 0 Å². The van der Waals surface area contributed by atoms with E-state index in [1.807, 2.05) is 20.1 Å². The Kier molecular flexibility index (Phi) is 6.38. The molecule has 0 aromatic carbocycles. The zero-order chi connectivity index (χ0) is 16.8. The van der Waals surface area contributed by atoms with Crippen LogP contribution in [0.1, 0.15) is 49.6 Å². The molecule has 0 saturated carbocycles. The van der Waals surface area contributed by atoms with E-state index in [-0.39, 0.29) is 5.91 Å². The van der Waals surface area contributed by atoms with Crippen molar-refractivity contribution in [3.63, 3.8) is 0 Å². The van der Waals surface area contributed by atoms with Crippen LogP contribution in [-0.2, 0) is 11.2 Å². The molecule has 0 aliphatic carbocycles. The molecular weight excluding hydrogens is 310 g/mol. The number of aromatic nitrogens is 4. The number of nitrogens with one attached hydrogen (secondary N) is 1. The highest BCUT2D eigenvalue weighted by atomic mass is 32.2. The van der Waals surface area contributed by atoms with Crippen molar-refractivity contribution in [3.8, 4) is 0 Å². The van der Waals surface area contributed by atoms with Crippen molar-refractivity contribution >= 4 is 23.4 Å². The lowest BCUT2D eigenvalue weighted by molar-refractivity contribution is -0.121. The maximum Gasteiger partial charge on any atom is 0.253 e. The molecule has 2 rings (SSSR count). The molecule has 0 radical (unpaired) electrons. The molecule has 7 heteroatoms.